The number of piperazine rings is 1. The number of rotatable bonds is 2. The summed E-state index contributed by atoms with van der Waals surface area (Å²) in [6, 6.07) is 2.09. The molecule has 118 valence electrons. The Bertz CT molecular complexity index is 683. The van der Waals surface area contributed by atoms with Gasteiger partial charge in [-0.25, -0.2) is 4.98 Å². The molecule has 0 aliphatic carbocycles. The molecule has 4 rings (SSSR count). The summed E-state index contributed by atoms with van der Waals surface area (Å²) in [6.07, 6.45) is 2.32. The van der Waals surface area contributed by atoms with E-state index in [-0.39, 0.29) is 6.10 Å². The Morgan fingerprint density at radius 1 is 1.27 bits per heavy atom. The van der Waals surface area contributed by atoms with Crippen LogP contribution < -0.4 is 10.2 Å². The van der Waals surface area contributed by atoms with Gasteiger partial charge in [-0.15, -0.1) is 0 Å². The number of hydrogen-bond acceptors (Lipinski definition) is 5. The van der Waals surface area contributed by atoms with Crippen molar-refractivity contribution in [1.29, 1.82) is 0 Å². The van der Waals surface area contributed by atoms with Crippen molar-refractivity contribution in [2.24, 2.45) is 0 Å². The molecule has 6 heteroatoms. The van der Waals surface area contributed by atoms with Crippen molar-refractivity contribution >= 4 is 11.5 Å². The molecule has 4 heterocycles. The molecule has 0 amide bonds. The van der Waals surface area contributed by atoms with Gasteiger partial charge >= 0.3 is 0 Å². The predicted molar refractivity (Wildman–Crippen MR) is 85.5 cm³/mol. The number of ether oxygens (including phenoxy) is 1. The van der Waals surface area contributed by atoms with Gasteiger partial charge in [0.25, 0.3) is 0 Å². The van der Waals surface area contributed by atoms with Crippen LogP contribution in [-0.4, -0.2) is 47.4 Å². The van der Waals surface area contributed by atoms with Gasteiger partial charge in [0, 0.05) is 50.1 Å². The molecule has 0 spiro atoms. The van der Waals surface area contributed by atoms with E-state index in [2.05, 4.69) is 30.1 Å². The lowest BCUT2D eigenvalue weighted by Gasteiger charge is -2.31. The van der Waals surface area contributed by atoms with Crippen LogP contribution in [0.15, 0.2) is 6.07 Å². The second-order valence-electron chi connectivity index (χ2n) is 6.22. The first-order valence-electron chi connectivity index (χ1n) is 8.18. The van der Waals surface area contributed by atoms with Crippen molar-refractivity contribution in [2.75, 3.05) is 37.7 Å². The first-order valence-corrected chi connectivity index (χ1v) is 8.18. The second kappa shape index (κ2) is 5.52. The maximum atomic E-state index is 5.79. The van der Waals surface area contributed by atoms with Crippen LogP contribution in [0, 0.1) is 13.8 Å². The molecule has 0 saturated carbocycles. The summed E-state index contributed by atoms with van der Waals surface area (Å²) >= 11 is 0. The van der Waals surface area contributed by atoms with Gasteiger partial charge < -0.3 is 15.0 Å². The highest BCUT2D eigenvalue weighted by Crippen LogP contribution is 2.30. The Hall–Kier alpha value is -1.66. The van der Waals surface area contributed by atoms with Crippen LogP contribution in [-0.2, 0) is 4.74 Å². The highest BCUT2D eigenvalue weighted by molar-refractivity contribution is 5.57. The molecule has 0 aromatic carbocycles. The van der Waals surface area contributed by atoms with Crippen LogP contribution in [0.4, 0.5) is 5.82 Å². The van der Waals surface area contributed by atoms with Gasteiger partial charge in [-0.3, -0.25) is 0 Å². The highest BCUT2D eigenvalue weighted by atomic mass is 16.5. The van der Waals surface area contributed by atoms with E-state index in [0.717, 1.165) is 62.7 Å². The van der Waals surface area contributed by atoms with E-state index in [4.69, 9.17) is 14.8 Å². The molecular formula is C16H23N5O. The van der Waals surface area contributed by atoms with Crippen molar-refractivity contribution in [3.63, 3.8) is 0 Å². The van der Waals surface area contributed by atoms with Gasteiger partial charge in [-0.1, -0.05) is 0 Å². The van der Waals surface area contributed by atoms with Crippen molar-refractivity contribution in [2.45, 2.75) is 32.8 Å². The zero-order valence-corrected chi connectivity index (χ0v) is 13.3. The van der Waals surface area contributed by atoms with Crippen LogP contribution in [0.1, 0.15) is 35.9 Å². The number of aromatic nitrogens is 3. The van der Waals surface area contributed by atoms with Crippen LogP contribution in [0.3, 0.4) is 0 Å². The number of anilines is 1. The molecule has 1 atom stereocenters. The maximum Gasteiger partial charge on any atom is 0.157 e. The smallest absolute Gasteiger partial charge is 0.157 e. The number of nitrogens with one attached hydrogen (secondary N) is 1. The van der Waals surface area contributed by atoms with Gasteiger partial charge in [0.1, 0.15) is 11.9 Å². The molecule has 0 bridgehead atoms. The Labute approximate surface area is 130 Å². The van der Waals surface area contributed by atoms with Crippen LogP contribution in [0.25, 0.3) is 5.65 Å². The zero-order valence-electron chi connectivity index (χ0n) is 13.3. The quantitative estimate of drug-likeness (QED) is 0.913. The van der Waals surface area contributed by atoms with Gasteiger partial charge in [0.2, 0.25) is 0 Å². The molecule has 2 aliphatic heterocycles. The minimum absolute atomic E-state index is 0.137. The third-order valence-electron chi connectivity index (χ3n) is 4.75. The van der Waals surface area contributed by atoms with E-state index in [0.29, 0.717) is 0 Å². The molecule has 2 aliphatic rings. The average molecular weight is 301 g/mol. The molecule has 6 nitrogen and oxygen atoms in total. The fraction of sp³-hybridized carbons (Fsp3) is 0.625. The largest absolute Gasteiger partial charge is 0.372 e. The van der Waals surface area contributed by atoms with Crippen molar-refractivity contribution in [1.82, 2.24) is 19.9 Å². The number of nitrogens with zero attached hydrogens (tertiary/aromatic N) is 4. The normalized spacial score (nSPS) is 22.6. The predicted octanol–water partition coefficient (Wildman–Crippen LogP) is 1.61. The van der Waals surface area contributed by atoms with Crippen LogP contribution in [0.2, 0.25) is 0 Å². The van der Waals surface area contributed by atoms with Crippen molar-refractivity contribution in [3.05, 3.63) is 23.0 Å². The molecule has 2 aromatic rings. The molecule has 0 radical (unpaired) electrons. The third kappa shape index (κ3) is 2.27. The average Bonchev–Trinajstić information content (AvgIpc) is 3.18. The summed E-state index contributed by atoms with van der Waals surface area (Å²) in [5, 5.41) is 8.25. The van der Waals surface area contributed by atoms with E-state index in [1.165, 1.54) is 11.4 Å². The Balaban J connectivity index is 1.83. The molecule has 1 unspecified atom stereocenters. The summed E-state index contributed by atoms with van der Waals surface area (Å²) in [6.45, 7) is 9.12. The lowest BCUT2D eigenvalue weighted by atomic mass is 10.2. The minimum atomic E-state index is 0.137. The second-order valence-corrected chi connectivity index (χ2v) is 6.22. The molecule has 22 heavy (non-hydrogen) atoms. The third-order valence-corrected chi connectivity index (χ3v) is 4.75. The van der Waals surface area contributed by atoms with E-state index < -0.39 is 0 Å². The van der Waals surface area contributed by atoms with Gasteiger partial charge in [-0.2, -0.15) is 9.61 Å². The lowest BCUT2D eigenvalue weighted by molar-refractivity contribution is 0.108. The fourth-order valence-electron chi connectivity index (χ4n) is 3.42. The van der Waals surface area contributed by atoms with Crippen LogP contribution >= 0.6 is 0 Å². The lowest BCUT2D eigenvalue weighted by Crippen LogP contribution is -2.44. The summed E-state index contributed by atoms with van der Waals surface area (Å²) < 4.78 is 7.81. The Kier molecular flexibility index (Phi) is 3.50. The molecule has 2 saturated heterocycles. The highest BCUT2D eigenvalue weighted by Gasteiger charge is 2.24. The summed E-state index contributed by atoms with van der Waals surface area (Å²) in [5.41, 5.74) is 4.25. The van der Waals surface area contributed by atoms with Gasteiger partial charge in [-0.05, 0) is 26.7 Å². The molecular weight excluding hydrogens is 278 g/mol. The SMILES string of the molecule is Cc1nc2cc(C3CCCO3)nn2c(N2CCNCC2)c1C. The summed E-state index contributed by atoms with van der Waals surface area (Å²) in [4.78, 5) is 7.14. The van der Waals surface area contributed by atoms with Crippen LogP contribution in [0.5, 0.6) is 0 Å². The van der Waals surface area contributed by atoms with Gasteiger partial charge in [0.15, 0.2) is 5.65 Å². The van der Waals surface area contributed by atoms with E-state index in [1.807, 2.05) is 4.52 Å². The minimum Gasteiger partial charge on any atom is -0.372 e. The number of hydrogen-bond donors (Lipinski definition) is 1. The molecule has 2 fully saturated rings. The number of fused-ring (bicyclic) bond motifs is 1. The first kappa shape index (κ1) is 14.0. The zero-order chi connectivity index (χ0) is 15.1. The Morgan fingerprint density at radius 3 is 2.82 bits per heavy atom. The molecule has 1 N–H and O–H groups in total. The Morgan fingerprint density at radius 2 is 2.09 bits per heavy atom. The van der Waals surface area contributed by atoms with E-state index in [1.54, 1.807) is 0 Å². The summed E-state index contributed by atoms with van der Waals surface area (Å²) in [5.74, 6) is 1.19. The molecule has 2 aromatic heterocycles. The van der Waals surface area contributed by atoms with Gasteiger partial charge in [0.05, 0.1) is 5.69 Å². The summed E-state index contributed by atoms with van der Waals surface area (Å²) in [7, 11) is 0. The maximum absolute atomic E-state index is 5.79. The van der Waals surface area contributed by atoms with E-state index in [9.17, 15) is 0 Å². The first-order chi connectivity index (χ1) is 10.7. The van der Waals surface area contributed by atoms with Crippen molar-refractivity contribution < 1.29 is 4.74 Å². The topological polar surface area (TPSA) is 54.7 Å². The monoisotopic (exact) mass is 301 g/mol. The standard InChI is InChI=1S/C16H23N5O/c1-11-12(2)18-15-10-13(14-4-3-9-22-14)19-21(15)16(11)20-7-5-17-6-8-20/h10,14,17H,3-9H2,1-2H3. The fourth-order valence-corrected chi connectivity index (χ4v) is 3.42. The number of aryl methyl sites for hydroxylation is 1. The van der Waals surface area contributed by atoms with Crippen molar-refractivity contribution in [3.8, 4) is 0 Å². The van der Waals surface area contributed by atoms with E-state index >= 15 is 0 Å².